The molecule has 0 atom stereocenters. The van der Waals surface area contributed by atoms with Crippen LogP contribution in [0.25, 0.3) is 0 Å². The van der Waals surface area contributed by atoms with E-state index < -0.39 is 0 Å². The van der Waals surface area contributed by atoms with Gasteiger partial charge in [0.2, 0.25) is 5.91 Å². The molecule has 0 spiro atoms. The maximum Gasteiger partial charge on any atom is 0.239 e. The molecule has 1 saturated heterocycles. The van der Waals surface area contributed by atoms with E-state index in [1.165, 1.54) is 5.56 Å². The van der Waals surface area contributed by atoms with E-state index in [-0.39, 0.29) is 5.91 Å². The molecule has 1 amide bonds. The maximum atomic E-state index is 11.4. The zero-order valence-electron chi connectivity index (χ0n) is 11.2. The van der Waals surface area contributed by atoms with E-state index in [9.17, 15) is 4.79 Å². The van der Waals surface area contributed by atoms with Crippen LogP contribution in [0.3, 0.4) is 0 Å². The minimum Gasteiger partial charge on any atom is -0.359 e. The van der Waals surface area contributed by atoms with Crippen LogP contribution in [-0.4, -0.2) is 32.1 Å². The smallest absolute Gasteiger partial charge is 0.239 e. The number of rotatable bonds is 5. The number of nitrogens with one attached hydrogen (secondary N) is 2. The van der Waals surface area contributed by atoms with Crippen LogP contribution in [0.5, 0.6) is 0 Å². The Kier molecular flexibility index (Phi) is 5.05. The second-order valence-electron chi connectivity index (χ2n) is 4.73. The Hall–Kier alpha value is -1.26. The Labute approximate surface area is 119 Å². The lowest BCUT2D eigenvalue weighted by Gasteiger charge is -2.29. The van der Waals surface area contributed by atoms with Crippen LogP contribution in [0.15, 0.2) is 18.2 Å². The Bertz CT molecular complexity index is 450. The number of hydrogen-bond donors (Lipinski definition) is 2. The van der Waals surface area contributed by atoms with E-state index >= 15 is 0 Å². The van der Waals surface area contributed by atoms with Crippen molar-refractivity contribution in [2.75, 3.05) is 31.1 Å². The Morgan fingerprint density at radius 1 is 1.47 bits per heavy atom. The fourth-order valence-corrected chi connectivity index (χ4v) is 2.49. The molecule has 0 bridgehead atoms. The van der Waals surface area contributed by atoms with Crippen LogP contribution in [0, 0.1) is 0 Å². The Morgan fingerprint density at radius 2 is 2.32 bits per heavy atom. The summed E-state index contributed by atoms with van der Waals surface area (Å²) in [6.07, 6.45) is 1.12. The molecular formula is C14H20ClN3O. The third-order valence-corrected chi connectivity index (χ3v) is 3.45. The molecule has 0 saturated carbocycles. The summed E-state index contributed by atoms with van der Waals surface area (Å²) in [5, 5.41) is 6.87. The Morgan fingerprint density at radius 3 is 3.00 bits per heavy atom. The topological polar surface area (TPSA) is 44.4 Å². The molecule has 0 unspecified atom stereocenters. The van der Waals surface area contributed by atoms with Crippen molar-refractivity contribution in [2.24, 2.45) is 0 Å². The minimum absolute atomic E-state index is 0.0519. The lowest BCUT2D eigenvalue weighted by molar-refractivity contribution is -0.120. The third-order valence-electron chi connectivity index (χ3n) is 3.15. The molecule has 1 aliphatic heterocycles. The van der Waals surface area contributed by atoms with Crippen LogP contribution >= 0.6 is 11.6 Å². The molecule has 1 heterocycles. The predicted octanol–water partition coefficient (Wildman–Crippen LogP) is 1.78. The number of hydrogen-bond acceptors (Lipinski definition) is 3. The zero-order chi connectivity index (χ0) is 13.7. The van der Waals surface area contributed by atoms with Gasteiger partial charge in [0.1, 0.15) is 0 Å². The average Bonchev–Trinajstić information content (AvgIpc) is 2.39. The standard InChI is InChI=1S/C14H20ClN3O/c1-2-5-16-9-11-3-4-13(12(15)8-11)18-7-6-17-14(19)10-18/h3-4,8,16H,2,5-7,9-10H2,1H3,(H,17,19). The molecule has 19 heavy (non-hydrogen) atoms. The number of amides is 1. The zero-order valence-corrected chi connectivity index (χ0v) is 12.0. The van der Waals surface area contributed by atoms with Gasteiger partial charge in [-0.25, -0.2) is 0 Å². The molecule has 5 heteroatoms. The molecule has 1 fully saturated rings. The molecular weight excluding hydrogens is 262 g/mol. The van der Waals surface area contributed by atoms with Gasteiger partial charge in [-0.05, 0) is 30.7 Å². The summed E-state index contributed by atoms with van der Waals surface area (Å²) in [5.41, 5.74) is 2.11. The summed E-state index contributed by atoms with van der Waals surface area (Å²) in [6.45, 7) is 5.84. The van der Waals surface area contributed by atoms with Gasteiger partial charge in [0.15, 0.2) is 0 Å². The molecule has 104 valence electrons. The van der Waals surface area contributed by atoms with Gasteiger partial charge in [-0.15, -0.1) is 0 Å². The first-order valence-corrected chi connectivity index (χ1v) is 7.09. The number of carbonyl (C=O) groups is 1. The lowest BCUT2D eigenvalue weighted by atomic mass is 10.1. The normalized spacial score (nSPS) is 15.5. The van der Waals surface area contributed by atoms with E-state index in [0.717, 1.165) is 31.7 Å². The lowest BCUT2D eigenvalue weighted by Crippen LogP contribution is -2.47. The van der Waals surface area contributed by atoms with E-state index in [0.29, 0.717) is 18.1 Å². The van der Waals surface area contributed by atoms with Gasteiger partial charge in [-0.3, -0.25) is 4.79 Å². The van der Waals surface area contributed by atoms with Crippen LogP contribution in [0.4, 0.5) is 5.69 Å². The SMILES string of the molecule is CCCNCc1ccc(N2CCNC(=O)C2)c(Cl)c1. The number of anilines is 1. The molecule has 0 aliphatic carbocycles. The highest BCUT2D eigenvalue weighted by Gasteiger charge is 2.18. The van der Waals surface area contributed by atoms with Crippen molar-refractivity contribution < 1.29 is 4.79 Å². The molecule has 1 aliphatic rings. The van der Waals surface area contributed by atoms with Crippen molar-refractivity contribution in [3.8, 4) is 0 Å². The third kappa shape index (κ3) is 3.85. The summed E-state index contributed by atoms with van der Waals surface area (Å²) in [5.74, 6) is 0.0519. The number of benzene rings is 1. The van der Waals surface area contributed by atoms with E-state index in [1.54, 1.807) is 0 Å². The summed E-state index contributed by atoms with van der Waals surface area (Å²) < 4.78 is 0. The number of piperazine rings is 1. The van der Waals surface area contributed by atoms with Crippen molar-refractivity contribution in [1.29, 1.82) is 0 Å². The quantitative estimate of drug-likeness (QED) is 0.809. The second-order valence-corrected chi connectivity index (χ2v) is 5.14. The minimum atomic E-state index is 0.0519. The highest BCUT2D eigenvalue weighted by atomic mass is 35.5. The van der Waals surface area contributed by atoms with Crippen LogP contribution in [-0.2, 0) is 11.3 Å². The van der Waals surface area contributed by atoms with Crippen LogP contribution < -0.4 is 15.5 Å². The first-order valence-electron chi connectivity index (χ1n) is 6.71. The fraction of sp³-hybridized carbons (Fsp3) is 0.500. The largest absolute Gasteiger partial charge is 0.359 e. The highest BCUT2D eigenvalue weighted by Crippen LogP contribution is 2.27. The van der Waals surface area contributed by atoms with Gasteiger partial charge >= 0.3 is 0 Å². The van der Waals surface area contributed by atoms with Crippen molar-refractivity contribution in [2.45, 2.75) is 19.9 Å². The van der Waals surface area contributed by atoms with Gasteiger partial charge < -0.3 is 15.5 Å². The predicted molar refractivity (Wildman–Crippen MR) is 78.7 cm³/mol. The molecule has 1 aromatic rings. The van der Waals surface area contributed by atoms with Crippen molar-refractivity contribution in [1.82, 2.24) is 10.6 Å². The van der Waals surface area contributed by atoms with Crippen LogP contribution in [0.1, 0.15) is 18.9 Å². The molecule has 0 aromatic heterocycles. The summed E-state index contributed by atoms with van der Waals surface area (Å²) in [6, 6.07) is 6.05. The highest BCUT2D eigenvalue weighted by molar-refractivity contribution is 6.33. The monoisotopic (exact) mass is 281 g/mol. The second kappa shape index (κ2) is 6.78. The van der Waals surface area contributed by atoms with E-state index in [1.807, 2.05) is 17.0 Å². The molecule has 2 rings (SSSR count). The number of halogens is 1. The number of carbonyl (C=O) groups excluding carboxylic acids is 1. The maximum absolute atomic E-state index is 11.4. The van der Waals surface area contributed by atoms with Crippen LogP contribution in [0.2, 0.25) is 5.02 Å². The molecule has 1 aromatic carbocycles. The average molecular weight is 282 g/mol. The van der Waals surface area contributed by atoms with E-state index in [4.69, 9.17) is 11.6 Å². The first kappa shape index (κ1) is 14.2. The Balaban J connectivity index is 2.04. The van der Waals surface area contributed by atoms with E-state index in [2.05, 4.69) is 23.6 Å². The fourth-order valence-electron chi connectivity index (χ4n) is 2.17. The van der Waals surface area contributed by atoms with Gasteiger partial charge in [-0.2, -0.15) is 0 Å². The number of nitrogens with zero attached hydrogens (tertiary/aromatic N) is 1. The van der Waals surface area contributed by atoms with Gasteiger partial charge in [0, 0.05) is 19.6 Å². The van der Waals surface area contributed by atoms with Gasteiger partial charge in [-0.1, -0.05) is 24.6 Å². The van der Waals surface area contributed by atoms with Crippen molar-refractivity contribution in [3.05, 3.63) is 28.8 Å². The molecule has 0 radical (unpaired) electrons. The summed E-state index contributed by atoms with van der Waals surface area (Å²) >= 11 is 6.32. The first-order chi connectivity index (χ1) is 9.20. The summed E-state index contributed by atoms with van der Waals surface area (Å²) in [4.78, 5) is 13.4. The van der Waals surface area contributed by atoms with Gasteiger partial charge in [0.25, 0.3) is 0 Å². The van der Waals surface area contributed by atoms with Crippen molar-refractivity contribution in [3.63, 3.8) is 0 Å². The summed E-state index contributed by atoms with van der Waals surface area (Å²) in [7, 11) is 0. The molecule has 4 nitrogen and oxygen atoms in total. The van der Waals surface area contributed by atoms with Crippen molar-refractivity contribution >= 4 is 23.2 Å². The molecule has 2 N–H and O–H groups in total. The van der Waals surface area contributed by atoms with Gasteiger partial charge in [0.05, 0.1) is 17.3 Å².